The molecule has 6 nitrogen and oxygen atoms in total. The molecule has 0 bridgehead atoms. The van der Waals surface area contributed by atoms with Crippen molar-refractivity contribution < 1.29 is 8.42 Å². The lowest BCUT2D eigenvalue weighted by Crippen LogP contribution is -2.38. The maximum Gasteiger partial charge on any atom is 0.207 e. The molecule has 2 aromatic heterocycles. The zero-order valence-corrected chi connectivity index (χ0v) is 37.5. The van der Waals surface area contributed by atoms with E-state index in [4.69, 9.17) is 19.9 Å². The average Bonchev–Trinajstić information content (AvgIpc) is 3.54. The van der Waals surface area contributed by atoms with Crippen LogP contribution in [0.1, 0.15) is 47.2 Å². The standard InChI is InChI=1S/C60H40N4O2S/c1-59(2)47-25-13-11-24-44(47)46-32-52-56(33-50(46)59)67(65,66)55-28-16-15-27-49(55)60(52)48-26-14-12-23-43(48)41-21-9-10-22-42(41)45-30-29-39(31-51(45)60)54-34-53(37-17-5-3-6-18-37)63-58(64-54)40-35-61-57(62-36-40)38-19-7-4-8-20-38/h3-36H,1-2H3. The molecule has 7 heteroatoms. The van der Waals surface area contributed by atoms with E-state index < -0.39 is 20.7 Å². The Morgan fingerprint density at radius 2 is 0.896 bits per heavy atom. The summed E-state index contributed by atoms with van der Waals surface area (Å²) < 4.78 is 30.9. The van der Waals surface area contributed by atoms with Crippen molar-refractivity contribution in [3.63, 3.8) is 0 Å². The lowest BCUT2D eigenvalue weighted by Gasteiger charge is -2.43. The number of aromatic nitrogens is 4. The predicted molar refractivity (Wildman–Crippen MR) is 265 cm³/mol. The van der Waals surface area contributed by atoms with Crippen LogP contribution < -0.4 is 0 Å². The summed E-state index contributed by atoms with van der Waals surface area (Å²) in [5.41, 5.74) is 15.4. The average molecular weight is 881 g/mol. The minimum absolute atomic E-state index is 0.308. The van der Waals surface area contributed by atoms with Crippen molar-refractivity contribution >= 4 is 9.84 Å². The second-order valence-corrected chi connectivity index (χ2v) is 20.0. The molecule has 0 amide bonds. The maximum absolute atomic E-state index is 15.4. The Bertz CT molecular complexity index is 3790. The number of nitrogens with zero attached hydrogens (tertiary/aromatic N) is 4. The highest BCUT2D eigenvalue weighted by molar-refractivity contribution is 7.91. The van der Waals surface area contributed by atoms with E-state index in [-0.39, 0.29) is 0 Å². The normalized spacial score (nSPS) is 16.3. The van der Waals surface area contributed by atoms with Crippen LogP contribution in [0.15, 0.2) is 216 Å². The monoisotopic (exact) mass is 880 g/mol. The lowest BCUT2D eigenvalue weighted by atomic mass is 9.62. The van der Waals surface area contributed by atoms with Crippen molar-refractivity contribution in [1.82, 2.24) is 19.9 Å². The third kappa shape index (κ3) is 5.65. The number of sulfone groups is 1. The van der Waals surface area contributed by atoms with E-state index in [0.717, 1.165) is 83.6 Å². The first-order chi connectivity index (χ1) is 32.7. The first kappa shape index (κ1) is 39.3. The minimum atomic E-state index is -4.01. The van der Waals surface area contributed by atoms with Gasteiger partial charge in [-0.2, -0.15) is 0 Å². The van der Waals surface area contributed by atoms with Crippen LogP contribution in [0.4, 0.5) is 0 Å². The van der Waals surface area contributed by atoms with Gasteiger partial charge in [0.25, 0.3) is 0 Å². The van der Waals surface area contributed by atoms with Gasteiger partial charge in [-0.3, -0.25) is 0 Å². The van der Waals surface area contributed by atoms with Crippen molar-refractivity contribution in [3.8, 4) is 78.7 Å². The van der Waals surface area contributed by atoms with Crippen LogP contribution in [0.25, 0.3) is 78.7 Å². The summed E-state index contributed by atoms with van der Waals surface area (Å²) in [7, 11) is -4.01. The molecule has 3 heterocycles. The van der Waals surface area contributed by atoms with E-state index in [9.17, 15) is 0 Å². The summed E-state index contributed by atoms with van der Waals surface area (Å²) in [6, 6.07) is 66.2. The molecular weight excluding hydrogens is 841 g/mol. The second kappa shape index (κ2) is 14.4. The summed E-state index contributed by atoms with van der Waals surface area (Å²) >= 11 is 0. The topological polar surface area (TPSA) is 85.7 Å². The van der Waals surface area contributed by atoms with Crippen molar-refractivity contribution in [2.24, 2.45) is 0 Å². The second-order valence-electron chi connectivity index (χ2n) is 18.2. The predicted octanol–water partition coefficient (Wildman–Crippen LogP) is 13.4. The first-order valence-corrected chi connectivity index (χ1v) is 24.0. The van der Waals surface area contributed by atoms with Crippen LogP contribution in [-0.2, 0) is 20.7 Å². The molecule has 1 aliphatic heterocycles. The van der Waals surface area contributed by atoms with Gasteiger partial charge < -0.3 is 0 Å². The molecule has 10 aromatic rings. The molecule has 0 saturated heterocycles. The van der Waals surface area contributed by atoms with Gasteiger partial charge in [0.2, 0.25) is 9.84 Å². The smallest absolute Gasteiger partial charge is 0.207 e. The fraction of sp³-hybridized carbons (Fsp3) is 0.0667. The van der Waals surface area contributed by atoms with Gasteiger partial charge in [-0.05, 0) is 97.1 Å². The van der Waals surface area contributed by atoms with Crippen LogP contribution in [0, 0.1) is 0 Å². The van der Waals surface area contributed by atoms with Gasteiger partial charge in [-0.15, -0.1) is 0 Å². The number of rotatable bonds is 4. The third-order valence-corrected chi connectivity index (χ3v) is 16.1. The summed E-state index contributed by atoms with van der Waals surface area (Å²) in [5.74, 6) is 1.11. The van der Waals surface area contributed by atoms with Gasteiger partial charge in [0.1, 0.15) is 0 Å². The zero-order valence-electron chi connectivity index (χ0n) is 36.6. The Morgan fingerprint density at radius 3 is 1.58 bits per heavy atom. The van der Waals surface area contributed by atoms with Crippen LogP contribution in [0.2, 0.25) is 0 Å². The molecule has 2 aliphatic carbocycles. The fourth-order valence-electron chi connectivity index (χ4n) is 11.2. The molecular formula is C60H40N4O2S. The Kier molecular flexibility index (Phi) is 8.46. The van der Waals surface area contributed by atoms with Gasteiger partial charge in [0, 0.05) is 34.5 Å². The summed E-state index contributed by atoms with van der Waals surface area (Å²) in [6.07, 6.45) is 3.58. The molecule has 1 unspecified atom stereocenters. The van der Waals surface area contributed by atoms with Crippen LogP contribution in [0.3, 0.4) is 0 Å². The summed E-state index contributed by atoms with van der Waals surface area (Å²) in [5, 5.41) is 0. The van der Waals surface area contributed by atoms with Crippen LogP contribution in [-0.4, -0.2) is 28.4 Å². The molecule has 1 atom stereocenters. The molecule has 318 valence electrons. The van der Waals surface area contributed by atoms with E-state index in [1.807, 2.05) is 78.9 Å². The molecule has 0 radical (unpaired) electrons. The SMILES string of the molecule is CC1(C)c2ccccc2-c2cc3c(cc21)S(=O)(=O)c1ccccc1C31c2ccccc2-c2ccccc2-c2ccc(-c3cc(-c4ccccc4)nc(-c4cnc(-c5ccccc5)nc4)n3)cc21. The maximum atomic E-state index is 15.4. The van der Waals surface area contributed by atoms with Crippen molar-refractivity contribution in [2.75, 3.05) is 0 Å². The van der Waals surface area contributed by atoms with Gasteiger partial charge >= 0.3 is 0 Å². The summed E-state index contributed by atoms with van der Waals surface area (Å²) in [4.78, 5) is 20.6. The van der Waals surface area contributed by atoms with Crippen molar-refractivity contribution in [1.29, 1.82) is 0 Å². The Labute approximate surface area is 389 Å². The Hall–Kier alpha value is -8.13. The lowest BCUT2D eigenvalue weighted by molar-refractivity contribution is 0.577. The van der Waals surface area contributed by atoms with E-state index in [0.29, 0.717) is 32.7 Å². The van der Waals surface area contributed by atoms with Gasteiger partial charge in [-0.25, -0.2) is 28.4 Å². The van der Waals surface area contributed by atoms with Crippen molar-refractivity contribution in [3.05, 3.63) is 240 Å². The molecule has 67 heavy (non-hydrogen) atoms. The van der Waals surface area contributed by atoms with E-state index in [1.165, 1.54) is 5.56 Å². The number of hydrogen-bond donors (Lipinski definition) is 0. The molecule has 13 rings (SSSR count). The number of fused-ring (bicyclic) bond motifs is 14. The quantitative estimate of drug-likeness (QED) is 0.175. The largest absolute Gasteiger partial charge is 0.236 e. The molecule has 3 aliphatic rings. The van der Waals surface area contributed by atoms with Crippen molar-refractivity contribution in [2.45, 2.75) is 34.5 Å². The highest BCUT2D eigenvalue weighted by Crippen LogP contribution is 2.62. The molecule has 0 fully saturated rings. The molecule has 8 aromatic carbocycles. The molecule has 1 spiro atoms. The summed E-state index contributed by atoms with van der Waals surface area (Å²) in [6.45, 7) is 4.40. The number of hydrogen-bond acceptors (Lipinski definition) is 6. The van der Waals surface area contributed by atoms with E-state index in [1.54, 1.807) is 18.5 Å². The first-order valence-electron chi connectivity index (χ1n) is 22.5. The Balaban J connectivity index is 1.13. The van der Waals surface area contributed by atoms with Crippen LogP contribution >= 0.6 is 0 Å². The highest BCUT2D eigenvalue weighted by Gasteiger charge is 2.53. The minimum Gasteiger partial charge on any atom is -0.236 e. The highest BCUT2D eigenvalue weighted by atomic mass is 32.2. The van der Waals surface area contributed by atoms with E-state index in [2.05, 4.69) is 123 Å². The third-order valence-electron chi connectivity index (χ3n) is 14.3. The van der Waals surface area contributed by atoms with E-state index >= 15 is 8.42 Å². The molecule has 0 N–H and O–H groups in total. The van der Waals surface area contributed by atoms with Gasteiger partial charge in [-0.1, -0.05) is 178 Å². The Morgan fingerprint density at radius 1 is 0.358 bits per heavy atom. The fourth-order valence-corrected chi connectivity index (χ4v) is 12.9. The zero-order chi connectivity index (χ0) is 45.1. The number of benzene rings is 8. The molecule has 0 saturated carbocycles. The van der Waals surface area contributed by atoms with Gasteiger partial charge in [0.05, 0.1) is 32.2 Å². The van der Waals surface area contributed by atoms with Crippen LogP contribution in [0.5, 0.6) is 0 Å². The van der Waals surface area contributed by atoms with Gasteiger partial charge in [0.15, 0.2) is 11.6 Å².